The van der Waals surface area contributed by atoms with Crippen molar-refractivity contribution in [1.82, 2.24) is 0 Å². The highest BCUT2D eigenvalue weighted by Crippen LogP contribution is 2.45. The van der Waals surface area contributed by atoms with Crippen LogP contribution in [0.4, 0.5) is 0 Å². The zero-order valence-corrected chi connectivity index (χ0v) is 13.6. The number of thioether (sulfide) groups is 1. The molecule has 0 amide bonds. The minimum Gasteiger partial charge on any atom is -0.455 e. The van der Waals surface area contributed by atoms with Gasteiger partial charge in [0.25, 0.3) is 0 Å². The Morgan fingerprint density at radius 2 is 1.78 bits per heavy atom. The molecule has 1 atom stereocenters. The first-order valence-corrected chi connectivity index (χ1v) is 8.64. The molecule has 0 saturated carbocycles. The Balaban J connectivity index is 1.93. The molecule has 2 aromatic carbocycles. The average molecular weight is 320 g/mol. The van der Waals surface area contributed by atoms with Gasteiger partial charge in [0, 0.05) is 0 Å². The van der Waals surface area contributed by atoms with Gasteiger partial charge in [-0.2, -0.15) is 0 Å². The van der Waals surface area contributed by atoms with Crippen LogP contribution in [-0.4, -0.2) is 0 Å². The Morgan fingerprint density at radius 1 is 1.04 bits per heavy atom. The van der Waals surface area contributed by atoms with Crippen LogP contribution in [-0.2, 0) is 0 Å². The standard InChI is InChI=1S/C20H16O2S/c1-2-13-12-17(14-8-4-3-5-9-14)23-20-18(21)15-10-6-7-11-16(15)22-19(13)20/h3-12,17H,2H2,1H3. The van der Waals surface area contributed by atoms with Crippen LogP contribution in [0, 0.1) is 0 Å². The summed E-state index contributed by atoms with van der Waals surface area (Å²) in [5.74, 6) is 0.744. The minimum atomic E-state index is 0.0758. The fraction of sp³-hybridized carbons (Fsp3) is 0.150. The highest BCUT2D eigenvalue weighted by molar-refractivity contribution is 7.99. The van der Waals surface area contributed by atoms with Gasteiger partial charge in [-0.15, -0.1) is 11.8 Å². The van der Waals surface area contributed by atoms with E-state index in [0.717, 1.165) is 22.6 Å². The first kappa shape index (κ1) is 14.3. The van der Waals surface area contributed by atoms with Crippen LogP contribution in [0.2, 0.25) is 0 Å². The molecular formula is C20H16O2S. The lowest BCUT2D eigenvalue weighted by atomic mass is 10.0. The number of allylic oxidation sites excluding steroid dienone is 1. The monoisotopic (exact) mass is 320 g/mol. The molecule has 0 fully saturated rings. The summed E-state index contributed by atoms with van der Waals surface area (Å²) in [5.41, 5.74) is 3.05. The number of fused-ring (bicyclic) bond motifs is 2. The van der Waals surface area contributed by atoms with E-state index in [1.165, 1.54) is 5.56 Å². The fourth-order valence-electron chi connectivity index (χ4n) is 2.95. The van der Waals surface area contributed by atoms with Crippen LogP contribution in [0.1, 0.15) is 29.9 Å². The van der Waals surface area contributed by atoms with Crippen LogP contribution in [0.15, 0.2) is 74.8 Å². The molecule has 4 rings (SSSR count). The topological polar surface area (TPSA) is 30.2 Å². The molecule has 1 aliphatic rings. The molecule has 3 heteroatoms. The van der Waals surface area contributed by atoms with Crippen molar-refractivity contribution in [1.29, 1.82) is 0 Å². The maximum Gasteiger partial charge on any atom is 0.206 e. The summed E-state index contributed by atoms with van der Waals surface area (Å²) < 4.78 is 6.06. The van der Waals surface area contributed by atoms with Gasteiger partial charge in [-0.3, -0.25) is 4.79 Å². The summed E-state index contributed by atoms with van der Waals surface area (Å²) in [6, 6.07) is 17.8. The summed E-state index contributed by atoms with van der Waals surface area (Å²) in [6.45, 7) is 2.10. The average Bonchev–Trinajstić information content (AvgIpc) is 2.62. The summed E-state index contributed by atoms with van der Waals surface area (Å²) in [4.78, 5) is 13.6. The van der Waals surface area contributed by atoms with E-state index >= 15 is 0 Å². The van der Waals surface area contributed by atoms with E-state index in [9.17, 15) is 4.79 Å². The number of para-hydroxylation sites is 1. The second-order valence-corrected chi connectivity index (χ2v) is 6.73. The third kappa shape index (κ3) is 2.41. The molecule has 1 aromatic heterocycles. The largest absolute Gasteiger partial charge is 0.455 e. The molecule has 1 unspecified atom stereocenters. The Labute approximate surface area is 138 Å². The summed E-state index contributed by atoms with van der Waals surface area (Å²) in [5, 5.41) is 0.811. The molecular weight excluding hydrogens is 304 g/mol. The van der Waals surface area contributed by atoms with E-state index < -0.39 is 0 Å². The lowest BCUT2D eigenvalue weighted by Crippen LogP contribution is -2.12. The van der Waals surface area contributed by atoms with Gasteiger partial charge in [-0.25, -0.2) is 0 Å². The number of rotatable bonds is 2. The molecule has 0 bridgehead atoms. The van der Waals surface area contributed by atoms with Crippen molar-refractivity contribution in [3.8, 4) is 0 Å². The van der Waals surface area contributed by atoms with Gasteiger partial charge >= 0.3 is 0 Å². The van der Waals surface area contributed by atoms with E-state index in [-0.39, 0.29) is 10.7 Å². The second-order valence-electron chi connectivity index (χ2n) is 5.58. The van der Waals surface area contributed by atoms with Crippen molar-refractivity contribution in [3.05, 3.63) is 82.2 Å². The van der Waals surface area contributed by atoms with Gasteiger partial charge in [0.2, 0.25) is 5.43 Å². The Morgan fingerprint density at radius 3 is 2.57 bits per heavy atom. The van der Waals surface area contributed by atoms with Gasteiger partial charge in [0.15, 0.2) is 0 Å². The maximum absolute atomic E-state index is 12.9. The molecule has 114 valence electrons. The lowest BCUT2D eigenvalue weighted by molar-refractivity contribution is 0.565. The smallest absolute Gasteiger partial charge is 0.206 e. The minimum absolute atomic E-state index is 0.0758. The normalized spacial score (nSPS) is 16.9. The molecule has 0 radical (unpaired) electrons. The van der Waals surface area contributed by atoms with Gasteiger partial charge in [0.05, 0.1) is 15.5 Å². The van der Waals surface area contributed by atoms with Crippen molar-refractivity contribution in [2.75, 3.05) is 0 Å². The van der Waals surface area contributed by atoms with Crippen LogP contribution in [0.3, 0.4) is 0 Å². The number of hydrogen-bond acceptors (Lipinski definition) is 3. The molecule has 0 aliphatic carbocycles. The highest BCUT2D eigenvalue weighted by Gasteiger charge is 2.26. The third-order valence-corrected chi connectivity index (χ3v) is 5.42. The zero-order valence-electron chi connectivity index (χ0n) is 12.8. The number of hydrogen-bond donors (Lipinski definition) is 0. The van der Waals surface area contributed by atoms with Crippen molar-refractivity contribution < 1.29 is 4.42 Å². The molecule has 2 heterocycles. The van der Waals surface area contributed by atoms with Crippen molar-refractivity contribution in [3.63, 3.8) is 0 Å². The van der Waals surface area contributed by atoms with E-state index in [2.05, 4.69) is 25.1 Å². The molecule has 0 N–H and O–H groups in total. The maximum atomic E-state index is 12.9. The van der Waals surface area contributed by atoms with E-state index in [1.807, 2.05) is 42.5 Å². The Bertz CT molecular complexity index is 954. The zero-order chi connectivity index (χ0) is 15.8. The van der Waals surface area contributed by atoms with Crippen LogP contribution in [0.5, 0.6) is 0 Å². The number of benzene rings is 2. The molecule has 3 aromatic rings. The summed E-state index contributed by atoms with van der Waals surface area (Å²) in [7, 11) is 0. The molecule has 1 aliphatic heterocycles. The Hall–Kier alpha value is -2.26. The van der Waals surface area contributed by atoms with Crippen LogP contribution >= 0.6 is 11.8 Å². The predicted molar refractivity (Wildman–Crippen MR) is 95.8 cm³/mol. The quantitative estimate of drug-likeness (QED) is 0.630. The van der Waals surface area contributed by atoms with E-state index in [0.29, 0.717) is 11.0 Å². The highest BCUT2D eigenvalue weighted by atomic mass is 32.2. The van der Waals surface area contributed by atoms with Gasteiger partial charge in [0.1, 0.15) is 11.3 Å². The Kier molecular flexibility index (Phi) is 3.58. The van der Waals surface area contributed by atoms with Crippen molar-refractivity contribution in [2.24, 2.45) is 0 Å². The van der Waals surface area contributed by atoms with Crippen molar-refractivity contribution in [2.45, 2.75) is 23.5 Å². The summed E-state index contributed by atoms with van der Waals surface area (Å²) in [6.07, 6.45) is 3.07. The van der Waals surface area contributed by atoms with Gasteiger partial charge < -0.3 is 4.42 Å². The third-order valence-electron chi connectivity index (χ3n) is 4.15. The van der Waals surface area contributed by atoms with Gasteiger partial charge in [-0.1, -0.05) is 55.5 Å². The van der Waals surface area contributed by atoms with E-state index in [1.54, 1.807) is 11.8 Å². The van der Waals surface area contributed by atoms with E-state index in [4.69, 9.17) is 4.42 Å². The second kappa shape index (κ2) is 5.74. The predicted octanol–water partition coefficient (Wildman–Crippen LogP) is 5.43. The first-order chi connectivity index (χ1) is 11.3. The molecule has 0 saturated heterocycles. The SMILES string of the molecule is CCC1=CC(c2ccccc2)Sc2c1oc1ccccc1c2=O. The molecule has 23 heavy (non-hydrogen) atoms. The fourth-order valence-corrected chi connectivity index (χ4v) is 4.22. The van der Waals surface area contributed by atoms with Crippen LogP contribution in [0.25, 0.3) is 16.5 Å². The first-order valence-electron chi connectivity index (χ1n) is 7.76. The van der Waals surface area contributed by atoms with Crippen molar-refractivity contribution >= 4 is 28.3 Å². The van der Waals surface area contributed by atoms with Gasteiger partial charge in [-0.05, 0) is 29.7 Å². The lowest BCUT2D eigenvalue weighted by Gasteiger charge is -2.22. The molecule has 0 spiro atoms. The summed E-state index contributed by atoms with van der Waals surface area (Å²) >= 11 is 1.59. The molecule has 2 nitrogen and oxygen atoms in total. The van der Waals surface area contributed by atoms with Crippen LogP contribution < -0.4 is 5.43 Å².